The molecule has 2 atom stereocenters. The summed E-state index contributed by atoms with van der Waals surface area (Å²) in [4.78, 5) is 0. The Morgan fingerprint density at radius 1 is 1.11 bits per heavy atom. The number of hydrogen-bond acceptors (Lipinski definition) is 2. The zero-order chi connectivity index (χ0) is 7.28. The van der Waals surface area contributed by atoms with Crippen LogP contribution in [-0.2, 0) is 0 Å². The Morgan fingerprint density at radius 2 is 1.44 bits per heavy atom. The van der Waals surface area contributed by atoms with Crippen LogP contribution in [-0.4, -0.2) is 43.3 Å². The van der Waals surface area contributed by atoms with Gasteiger partial charge < -0.3 is 0 Å². The van der Waals surface area contributed by atoms with Gasteiger partial charge in [-0.15, -0.1) is 0 Å². The van der Waals surface area contributed by atoms with Gasteiger partial charge in [-0.25, -0.2) is 0 Å². The molecule has 0 bridgehead atoms. The van der Waals surface area contributed by atoms with E-state index in [1.54, 1.807) is 13.8 Å². The molecule has 0 saturated heterocycles. The molecule has 0 amide bonds. The van der Waals surface area contributed by atoms with Crippen LogP contribution in [0.1, 0.15) is 13.8 Å². The second kappa shape index (κ2) is 5.49. The van der Waals surface area contributed by atoms with Crippen molar-refractivity contribution in [2.45, 2.75) is 35.0 Å². The summed E-state index contributed by atoms with van der Waals surface area (Å²) in [5, 5.41) is 17.6. The standard InChI is InChI=1S/C6H14O2Te/c1-5(7)3-9-4-6(2)8/h5-8H,3-4H2,1-2H3. The summed E-state index contributed by atoms with van der Waals surface area (Å²) in [6, 6.07) is 0. The van der Waals surface area contributed by atoms with Gasteiger partial charge in [0.05, 0.1) is 0 Å². The van der Waals surface area contributed by atoms with Crippen molar-refractivity contribution in [3.8, 4) is 0 Å². The van der Waals surface area contributed by atoms with Crippen LogP contribution in [0.15, 0.2) is 0 Å². The molecule has 0 aromatic carbocycles. The third-order valence-corrected chi connectivity index (χ3v) is 4.82. The number of aliphatic hydroxyl groups excluding tert-OH is 2. The van der Waals surface area contributed by atoms with E-state index in [-0.39, 0.29) is 33.1 Å². The van der Waals surface area contributed by atoms with Crippen molar-refractivity contribution < 1.29 is 10.2 Å². The van der Waals surface area contributed by atoms with Crippen molar-refractivity contribution in [1.82, 2.24) is 0 Å². The Morgan fingerprint density at radius 3 is 1.67 bits per heavy atom. The molecule has 0 heterocycles. The summed E-state index contributed by atoms with van der Waals surface area (Å²) < 4.78 is 1.85. The Bertz CT molecular complexity index is 56.1. The predicted molar refractivity (Wildman–Crippen MR) is 38.7 cm³/mol. The quantitative estimate of drug-likeness (QED) is 0.699. The van der Waals surface area contributed by atoms with Crippen LogP contribution in [0.5, 0.6) is 0 Å². The van der Waals surface area contributed by atoms with E-state index in [0.29, 0.717) is 0 Å². The van der Waals surface area contributed by atoms with Gasteiger partial charge in [-0.05, 0) is 0 Å². The molecule has 0 aromatic rings. The summed E-state index contributed by atoms with van der Waals surface area (Å²) in [6.45, 7) is 3.60. The molecule has 2 N–H and O–H groups in total. The fourth-order valence-electron chi connectivity index (χ4n) is 0.409. The minimum atomic E-state index is -0.161. The van der Waals surface area contributed by atoms with Gasteiger partial charge in [0, 0.05) is 0 Å². The SMILES string of the molecule is CC(O)C[Te]CC(C)O. The first-order valence-electron chi connectivity index (χ1n) is 3.06. The van der Waals surface area contributed by atoms with Crippen LogP contribution in [0.4, 0.5) is 0 Å². The summed E-state index contributed by atoms with van der Waals surface area (Å²) in [6.07, 6.45) is -0.322. The van der Waals surface area contributed by atoms with Crippen LogP contribution in [0, 0.1) is 0 Å². The van der Waals surface area contributed by atoms with Gasteiger partial charge in [-0.3, -0.25) is 0 Å². The van der Waals surface area contributed by atoms with Gasteiger partial charge in [-0.1, -0.05) is 0 Å². The van der Waals surface area contributed by atoms with E-state index in [9.17, 15) is 0 Å². The topological polar surface area (TPSA) is 40.5 Å². The van der Waals surface area contributed by atoms with Crippen LogP contribution < -0.4 is 0 Å². The molecule has 0 aliphatic carbocycles. The molecule has 0 aliphatic rings. The molecule has 0 saturated carbocycles. The van der Waals surface area contributed by atoms with E-state index in [1.807, 2.05) is 0 Å². The van der Waals surface area contributed by atoms with Crippen molar-refractivity contribution in [2.75, 3.05) is 0 Å². The first kappa shape index (κ1) is 9.71. The Labute approximate surface area is 66.4 Å². The monoisotopic (exact) mass is 248 g/mol. The first-order valence-corrected chi connectivity index (χ1v) is 6.36. The van der Waals surface area contributed by atoms with Crippen molar-refractivity contribution in [2.24, 2.45) is 0 Å². The van der Waals surface area contributed by atoms with Crippen molar-refractivity contribution in [3.05, 3.63) is 0 Å². The van der Waals surface area contributed by atoms with Gasteiger partial charge in [0.2, 0.25) is 0 Å². The first-order chi connectivity index (χ1) is 4.13. The van der Waals surface area contributed by atoms with E-state index >= 15 is 0 Å². The fraction of sp³-hybridized carbons (Fsp3) is 1.00. The maximum absolute atomic E-state index is 8.82. The van der Waals surface area contributed by atoms with Gasteiger partial charge in [0.15, 0.2) is 0 Å². The molecule has 2 nitrogen and oxygen atoms in total. The molecule has 0 aromatic heterocycles. The second-order valence-electron chi connectivity index (χ2n) is 2.24. The summed E-state index contributed by atoms with van der Waals surface area (Å²) in [5.74, 6) is 0. The summed E-state index contributed by atoms with van der Waals surface area (Å²) in [5.41, 5.74) is 0. The zero-order valence-corrected chi connectivity index (χ0v) is 8.20. The second-order valence-corrected chi connectivity index (χ2v) is 5.30. The summed E-state index contributed by atoms with van der Waals surface area (Å²) in [7, 11) is 0. The van der Waals surface area contributed by atoms with E-state index in [0.717, 1.165) is 8.94 Å². The van der Waals surface area contributed by atoms with Gasteiger partial charge in [-0.2, -0.15) is 0 Å². The van der Waals surface area contributed by atoms with Gasteiger partial charge in [0.1, 0.15) is 0 Å². The Kier molecular flexibility index (Phi) is 5.92. The Balaban J connectivity index is 2.91. The number of aliphatic hydroxyl groups is 2. The van der Waals surface area contributed by atoms with E-state index < -0.39 is 0 Å². The normalized spacial score (nSPS) is 17.3. The average Bonchev–Trinajstić information content (AvgIpc) is 1.63. The average molecular weight is 246 g/mol. The zero-order valence-electron chi connectivity index (χ0n) is 5.87. The van der Waals surface area contributed by atoms with Crippen LogP contribution in [0.2, 0.25) is 8.94 Å². The molecular weight excluding hydrogens is 232 g/mol. The van der Waals surface area contributed by atoms with E-state index in [2.05, 4.69) is 0 Å². The Hall–Kier alpha value is 0.710. The molecular formula is C6H14O2Te. The van der Waals surface area contributed by atoms with Gasteiger partial charge >= 0.3 is 66.1 Å². The maximum atomic E-state index is 8.82. The third kappa shape index (κ3) is 8.71. The van der Waals surface area contributed by atoms with Crippen LogP contribution in [0.25, 0.3) is 0 Å². The third-order valence-electron chi connectivity index (χ3n) is 0.718. The molecule has 0 fully saturated rings. The van der Waals surface area contributed by atoms with Gasteiger partial charge in [0.25, 0.3) is 0 Å². The molecule has 9 heavy (non-hydrogen) atoms. The van der Waals surface area contributed by atoms with E-state index in [4.69, 9.17) is 10.2 Å². The minimum absolute atomic E-state index is 0.114. The van der Waals surface area contributed by atoms with Crippen molar-refractivity contribution in [3.63, 3.8) is 0 Å². The molecule has 0 rings (SSSR count). The predicted octanol–water partition coefficient (Wildman–Crippen LogP) is 0.289. The van der Waals surface area contributed by atoms with E-state index in [1.165, 1.54) is 0 Å². The molecule has 0 aliphatic heterocycles. The molecule has 2 unspecified atom stereocenters. The summed E-state index contributed by atoms with van der Waals surface area (Å²) >= 11 is -0.114. The molecule has 0 radical (unpaired) electrons. The molecule has 0 spiro atoms. The number of rotatable bonds is 4. The van der Waals surface area contributed by atoms with Crippen LogP contribution >= 0.6 is 0 Å². The van der Waals surface area contributed by atoms with Crippen LogP contribution in [0.3, 0.4) is 0 Å². The fourth-order valence-corrected chi connectivity index (χ4v) is 2.74. The number of hydrogen-bond donors (Lipinski definition) is 2. The van der Waals surface area contributed by atoms with Crippen molar-refractivity contribution in [1.29, 1.82) is 0 Å². The molecule has 56 valence electrons. The molecule has 3 heteroatoms. The van der Waals surface area contributed by atoms with Crippen molar-refractivity contribution >= 4 is 20.9 Å².